The first-order valence-electron chi connectivity index (χ1n) is 9.63. The summed E-state index contributed by atoms with van der Waals surface area (Å²) in [5.41, 5.74) is 4.63. The molecule has 1 amide bonds. The molecule has 5 heteroatoms. The minimum atomic E-state index is -0.135. The summed E-state index contributed by atoms with van der Waals surface area (Å²) in [6, 6.07) is 19.7. The summed E-state index contributed by atoms with van der Waals surface area (Å²) in [5.74, 6) is 0.603. The summed E-state index contributed by atoms with van der Waals surface area (Å²) in [4.78, 5) is 19.1. The van der Waals surface area contributed by atoms with Crippen LogP contribution in [0.5, 0.6) is 0 Å². The molecule has 1 fully saturated rings. The maximum atomic E-state index is 12.3. The van der Waals surface area contributed by atoms with Crippen molar-refractivity contribution in [1.82, 2.24) is 4.98 Å². The van der Waals surface area contributed by atoms with Gasteiger partial charge in [0, 0.05) is 30.0 Å². The second-order valence-corrected chi connectivity index (χ2v) is 7.12. The normalized spacial score (nSPS) is 13.4. The standard InChI is InChI=1S/C23H24N4O/c1-17-5-4-6-18(15-17)23(28)26-20-9-12-22(24-16-20)25-19-7-10-21(11-8-19)27-13-2-3-14-27/h4-12,15-16H,2-3,13-14H2,1H3,(H,24,25)(H,26,28). The first kappa shape index (κ1) is 18.0. The van der Waals surface area contributed by atoms with E-state index in [2.05, 4.69) is 44.8 Å². The summed E-state index contributed by atoms with van der Waals surface area (Å²) >= 11 is 0. The SMILES string of the molecule is Cc1cccc(C(=O)Nc2ccc(Nc3ccc(N4CCCC4)cc3)nc2)c1. The van der Waals surface area contributed by atoms with Crippen LogP contribution in [-0.4, -0.2) is 24.0 Å². The first-order chi connectivity index (χ1) is 13.7. The maximum absolute atomic E-state index is 12.3. The number of pyridine rings is 1. The average Bonchev–Trinajstić information content (AvgIpc) is 3.25. The van der Waals surface area contributed by atoms with Gasteiger partial charge >= 0.3 is 0 Å². The summed E-state index contributed by atoms with van der Waals surface area (Å²) in [5, 5.41) is 6.18. The van der Waals surface area contributed by atoms with E-state index in [-0.39, 0.29) is 5.91 Å². The highest BCUT2D eigenvalue weighted by molar-refractivity contribution is 6.04. The van der Waals surface area contributed by atoms with Crippen molar-refractivity contribution >= 4 is 28.8 Å². The van der Waals surface area contributed by atoms with Crippen LogP contribution in [-0.2, 0) is 0 Å². The summed E-state index contributed by atoms with van der Waals surface area (Å²) in [7, 11) is 0. The van der Waals surface area contributed by atoms with E-state index >= 15 is 0 Å². The van der Waals surface area contributed by atoms with Gasteiger partial charge in [-0.15, -0.1) is 0 Å². The minimum absolute atomic E-state index is 0.135. The molecule has 0 radical (unpaired) electrons. The smallest absolute Gasteiger partial charge is 0.255 e. The van der Waals surface area contributed by atoms with E-state index in [1.807, 2.05) is 37.3 Å². The fourth-order valence-electron chi connectivity index (χ4n) is 3.41. The lowest BCUT2D eigenvalue weighted by atomic mass is 10.1. The molecule has 5 nitrogen and oxygen atoms in total. The van der Waals surface area contributed by atoms with Crippen molar-refractivity contribution in [1.29, 1.82) is 0 Å². The Kier molecular flexibility index (Phi) is 5.24. The van der Waals surface area contributed by atoms with Crippen molar-refractivity contribution in [3.8, 4) is 0 Å². The number of nitrogens with zero attached hydrogens (tertiary/aromatic N) is 2. The molecule has 142 valence electrons. The Morgan fingerprint density at radius 2 is 1.71 bits per heavy atom. The second-order valence-electron chi connectivity index (χ2n) is 7.12. The first-order valence-corrected chi connectivity index (χ1v) is 9.63. The van der Waals surface area contributed by atoms with Gasteiger partial charge in [0.2, 0.25) is 0 Å². The molecular weight excluding hydrogens is 348 g/mol. The third-order valence-electron chi connectivity index (χ3n) is 4.91. The number of carbonyl (C=O) groups excluding carboxylic acids is 1. The summed E-state index contributed by atoms with van der Waals surface area (Å²) in [6.45, 7) is 4.25. The number of benzene rings is 2. The molecule has 0 bridgehead atoms. The monoisotopic (exact) mass is 372 g/mol. The zero-order chi connectivity index (χ0) is 19.3. The Morgan fingerprint density at radius 3 is 2.39 bits per heavy atom. The van der Waals surface area contributed by atoms with Gasteiger partial charge in [0.1, 0.15) is 5.82 Å². The maximum Gasteiger partial charge on any atom is 0.255 e. The van der Waals surface area contributed by atoms with Crippen LogP contribution in [0.4, 0.5) is 22.9 Å². The lowest BCUT2D eigenvalue weighted by molar-refractivity contribution is 0.102. The van der Waals surface area contributed by atoms with Crippen LogP contribution in [0.25, 0.3) is 0 Å². The van der Waals surface area contributed by atoms with E-state index in [9.17, 15) is 4.79 Å². The molecule has 0 saturated carbocycles. The van der Waals surface area contributed by atoms with E-state index in [1.165, 1.54) is 18.5 Å². The lowest BCUT2D eigenvalue weighted by Crippen LogP contribution is -2.17. The zero-order valence-corrected chi connectivity index (χ0v) is 16.0. The van der Waals surface area contributed by atoms with Gasteiger partial charge in [-0.05, 0) is 68.3 Å². The number of aryl methyl sites for hydroxylation is 1. The number of hydrogen-bond donors (Lipinski definition) is 2. The Hall–Kier alpha value is -3.34. The highest BCUT2D eigenvalue weighted by Gasteiger charge is 2.12. The van der Waals surface area contributed by atoms with Gasteiger partial charge in [0.05, 0.1) is 11.9 Å². The van der Waals surface area contributed by atoms with Crippen molar-refractivity contribution in [2.45, 2.75) is 19.8 Å². The van der Waals surface area contributed by atoms with Crippen molar-refractivity contribution < 1.29 is 4.79 Å². The minimum Gasteiger partial charge on any atom is -0.372 e. The van der Waals surface area contributed by atoms with Gasteiger partial charge in [-0.3, -0.25) is 4.79 Å². The third kappa shape index (κ3) is 4.31. The average molecular weight is 372 g/mol. The van der Waals surface area contributed by atoms with Gasteiger partial charge in [-0.25, -0.2) is 4.98 Å². The van der Waals surface area contributed by atoms with E-state index in [0.717, 1.165) is 30.2 Å². The van der Waals surface area contributed by atoms with Crippen LogP contribution in [0.1, 0.15) is 28.8 Å². The molecule has 0 unspecified atom stereocenters. The molecule has 1 aromatic heterocycles. The van der Waals surface area contributed by atoms with Crippen molar-refractivity contribution in [3.05, 3.63) is 78.0 Å². The van der Waals surface area contributed by atoms with E-state index in [4.69, 9.17) is 0 Å². The highest BCUT2D eigenvalue weighted by atomic mass is 16.1. The third-order valence-corrected chi connectivity index (χ3v) is 4.91. The molecular formula is C23H24N4O. The molecule has 4 rings (SSSR count). The van der Waals surface area contributed by atoms with Gasteiger partial charge in [0.25, 0.3) is 5.91 Å². The van der Waals surface area contributed by atoms with Gasteiger partial charge < -0.3 is 15.5 Å². The number of amides is 1. The molecule has 1 saturated heterocycles. The quantitative estimate of drug-likeness (QED) is 0.663. The number of rotatable bonds is 5. The number of hydrogen-bond acceptors (Lipinski definition) is 4. The number of anilines is 4. The van der Waals surface area contributed by atoms with Crippen LogP contribution >= 0.6 is 0 Å². The Bertz CT molecular complexity index is 945. The molecule has 3 aromatic rings. The highest BCUT2D eigenvalue weighted by Crippen LogP contribution is 2.23. The van der Waals surface area contributed by atoms with E-state index in [0.29, 0.717) is 11.3 Å². The fourth-order valence-corrected chi connectivity index (χ4v) is 3.41. The Morgan fingerprint density at radius 1 is 0.964 bits per heavy atom. The molecule has 1 aliphatic heterocycles. The van der Waals surface area contributed by atoms with Crippen LogP contribution < -0.4 is 15.5 Å². The molecule has 0 spiro atoms. The summed E-state index contributed by atoms with van der Waals surface area (Å²) in [6.07, 6.45) is 4.21. The van der Waals surface area contributed by atoms with Crippen LogP contribution in [0.3, 0.4) is 0 Å². The van der Waals surface area contributed by atoms with E-state index in [1.54, 1.807) is 12.3 Å². The predicted molar refractivity (Wildman–Crippen MR) is 115 cm³/mol. The second kappa shape index (κ2) is 8.13. The zero-order valence-electron chi connectivity index (χ0n) is 16.0. The van der Waals surface area contributed by atoms with Gasteiger partial charge in [-0.2, -0.15) is 0 Å². The topological polar surface area (TPSA) is 57.3 Å². The number of nitrogens with one attached hydrogen (secondary N) is 2. The molecule has 1 aliphatic rings. The van der Waals surface area contributed by atoms with Crippen LogP contribution in [0.2, 0.25) is 0 Å². The molecule has 2 heterocycles. The Balaban J connectivity index is 1.37. The summed E-state index contributed by atoms with van der Waals surface area (Å²) < 4.78 is 0. The molecule has 28 heavy (non-hydrogen) atoms. The van der Waals surface area contributed by atoms with E-state index < -0.39 is 0 Å². The molecule has 2 N–H and O–H groups in total. The number of aromatic nitrogens is 1. The van der Waals surface area contributed by atoms with Crippen LogP contribution in [0.15, 0.2) is 66.9 Å². The number of carbonyl (C=O) groups is 1. The molecule has 0 atom stereocenters. The molecule has 2 aromatic carbocycles. The lowest BCUT2D eigenvalue weighted by Gasteiger charge is -2.17. The fraction of sp³-hybridized carbons (Fsp3) is 0.217. The van der Waals surface area contributed by atoms with Crippen molar-refractivity contribution in [2.75, 3.05) is 28.6 Å². The van der Waals surface area contributed by atoms with Crippen molar-refractivity contribution in [2.24, 2.45) is 0 Å². The largest absolute Gasteiger partial charge is 0.372 e. The molecule has 0 aliphatic carbocycles. The predicted octanol–water partition coefficient (Wildman–Crippen LogP) is 4.99. The van der Waals surface area contributed by atoms with Gasteiger partial charge in [0.15, 0.2) is 0 Å². The van der Waals surface area contributed by atoms with Gasteiger partial charge in [-0.1, -0.05) is 17.7 Å². The van der Waals surface area contributed by atoms with Crippen molar-refractivity contribution in [3.63, 3.8) is 0 Å². The Labute approximate surface area is 165 Å². The van der Waals surface area contributed by atoms with Crippen LogP contribution in [0, 0.1) is 6.92 Å².